The van der Waals surface area contributed by atoms with Crippen molar-refractivity contribution in [1.82, 2.24) is 0 Å². The monoisotopic (exact) mass is 297 g/mol. The molecule has 2 rings (SSSR count). The van der Waals surface area contributed by atoms with Gasteiger partial charge in [0.2, 0.25) is 0 Å². The summed E-state index contributed by atoms with van der Waals surface area (Å²) in [6.45, 7) is 1.82. The van der Waals surface area contributed by atoms with Gasteiger partial charge in [-0.3, -0.25) is 4.79 Å². The van der Waals surface area contributed by atoms with Crippen LogP contribution in [0.2, 0.25) is 0 Å². The lowest BCUT2D eigenvalue weighted by Gasteiger charge is -2.25. The van der Waals surface area contributed by atoms with E-state index in [1.54, 1.807) is 0 Å². The molecule has 0 aliphatic heterocycles. The van der Waals surface area contributed by atoms with E-state index in [9.17, 15) is 4.79 Å². The Hall–Kier alpha value is -2.29. The molecular weight excluding hydrogens is 274 g/mol. The molecule has 2 aromatic rings. The summed E-state index contributed by atoms with van der Waals surface area (Å²) in [6.07, 6.45) is 2.98. The molecule has 0 aliphatic carbocycles. The standard InChI is InChI=1S/C19H23NO2/c21-19(22)14-8-3-9-15-20(18-12-6-2-7-13-18)16-17-10-4-1-5-11-17/h1-2,4-7,10-13H,3,8-9,14-16H2,(H,21,22). The Morgan fingerprint density at radius 3 is 2.14 bits per heavy atom. The number of benzene rings is 2. The van der Waals surface area contributed by atoms with Gasteiger partial charge in [-0.2, -0.15) is 0 Å². The molecule has 0 unspecified atom stereocenters. The molecule has 0 aromatic heterocycles. The van der Waals surface area contributed by atoms with Crippen LogP contribution in [0.15, 0.2) is 60.7 Å². The van der Waals surface area contributed by atoms with Crippen LogP contribution in [0.1, 0.15) is 31.2 Å². The fourth-order valence-corrected chi connectivity index (χ4v) is 2.50. The Morgan fingerprint density at radius 2 is 1.50 bits per heavy atom. The fraction of sp³-hybridized carbons (Fsp3) is 0.316. The van der Waals surface area contributed by atoms with Crippen molar-refractivity contribution in [3.63, 3.8) is 0 Å². The largest absolute Gasteiger partial charge is 0.481 e. The zero-order valence-electron chi connectivity index (χ0n) is 12.8. The van der Waals surface area contributed by atoms with Crippen LogP contribution in [-0.2, 0) is 11.3 Å². The van der Waals surface area contributed by atoms with Crippen LogP contribution in [0, 0.1) is 0 Å². The van der Waals surface area contributed by atoms with E-state index in [1.807, 2.05) is 12.1 Å². The zero-order valence-corrected chi connectivity index (χ0v) is 12.8. The van der Waals surface area contributed by atoms with E-state index in [2.05, 4.69) is 53.4 Å². The first-order valence-electron chi connectivity index (χ1n) is 7.81. The summed E-state index contributed by atoms with van der Waals surface area (Å²) in [6, 6.07) is 20.8. The highest BCUT2D eigenvalue weighted by Crippen LogP contribution is 2.18. The molecule has 3 heteroatoms. The lowest BCUT2D eigenvalue weighted by Crippen LogP contribution is -2.23. The molecule has 0 atom stereocenters. The molecule has 0 fully saturated rings. The van der Waals surface area contributed by atoms with Crippen molar-refractivity contribution in [2.75, 3.05) is 11.4 Å². The summed E-state index contributed by atoms with van der Waals surface area (Å²) in [5, 5.41) is 8.68. The molecular formula is C19H23NO2. The van der Waals surface area contributed by atoms with Crippen LogP contribution < -0.4 is 4.90 Å². The quantitative estimate of drug-likeness (QED) is 0.700. The SMILES string of the molecule is O=C(O)CCCCCN(Cc1ccccc1)c1ccccc1. The van der Waals surface area contributed by atoms with Crippen molar-refractivity contribution in [2.45, 2.75) is 32.2 Å². The molecule has 116 valence electrons. The minimum atomic E-state index is -0.704. The number of carbonyl (C=O) groups is 1. The minimum Gasteiger partial charge on any atom is -0.481 e. The highest BCUT2D eigenvalue weighted by Gasteiger charge is 2.07. The number of carboxylic acids is 1. The Bertz CT molecular complexity index is 554. The van der Waals surface area contributed by atoms with Crippen LogP contribution in [-0.4, -0.2) is 17.6 Å². The van der Waals surface area contributed by atoms with Crippen LogP contribution >= 0.6 is 0 Å². The smallest absolute Gasteiger partial charge is 0.303 e. The molecule has 0 bridgehead atoms. The first-order valence-corrected chi connectivity index (χ1v) is 7.81. The average Bonchev–Trinajstić information content (AvgIpc) is 2.55. The van der Waals surface area contributed by atoms with E-state index < -0.39 is 5.97 Å². The third kappa shape index (κ3) is 5.60. The third-order valence-corrected chi connectivity index (χ3v) is 3.66. The summed E-state index contributed by atoms with van der Waals surface area (Å²) in [5.41, 5.74) is 2.50. The molecule has 0 spiro atoms. The van der Waals surface area contributed by atoms with Gasteiger partial charge in [0.05, 0.1) is 0 Å². The summed E-state index contributed by atoms with van der Waals surface area (Å²) < 4.78 is 0. The van der Waals surface area contributed by atoms with E-state index in [0.717, 1.165) is 32.4 Å². The Kier molecular flexibility index (Phi) is 6.49. The Morgan fingerprint density at radius 1 is 0.864 bits per heavy atom. The van der Waals surface area contributed by atoms with E-state index in [-0.39, 0.29) is 6.42 Å². The van der Waals surface area contributed by atoms with Gasteiger partial charge in [-0.05, 0) is 30.5 Å². The van der Waals surface area contributed by atoms with Gasteiger partial charge in [0, 0.05) is 25.2 Å². The number of aliphatic carboxylic acids is 1. The van der Waals surface area contributed by atoms with Crippen LogP contribution in [0.5, 0.6) is 0 Å². The number of unbranched alkanes of at least 4 members (excludes halogenated alkanes) is 2. The van der Waals surface area contributed by atoms with Gasteiger partial charge in [0.25, 0.3) is 0 Å². The van der Waals surface area contributed by atoms with Gasteiger partial charge in [0.15, 0.2) is 0 Å². The summed E-state index contributed by atoms with van der Waals surface area (Å²) in [4.78, 5) is 12.9. The number of anilines is 1. The normalized spacial score (nSPS) is 10.4. The maximum Gasteiger partial charge on any atom is 0.303 e. The Labute approximate surface area is 132 Å². The van der Waals surface area contributed by atoms with Crippen molar-refractivity contribution >= 4 is 11.7 Å². The molecule has 1 N–H and O–H groups in total. The minimum absolute atomic E-state index is 0.268. The van der Waals surface area contributed by atoms with Crippen molar-refractivity contribution in [3.05, 3.63) is 66.2 Å². The van der Waals surface area contributed by atoms with Crippen molar-refractivity contribution in [1.29, 1.82) is 0 Å². The van der Waals surface area contributed by atoms with E-state index in [4.69, 9.17) is 5.11 Å². The molecule has 2 aromatic carbocycles. The van der Waals surface area contributed by atoms with Crippen molar-refractivity contribution < 1.29 is 9.90 Å². The van der Waals surface area contributed by atoms with E-state index in [1.165, 1.54) is 11.3 Å². The number of para-hydroxylation sites is 1. The number of hydrogen-bond acceptors (Lipinski definition) is 2. The zero-order chi connectivity index (χ0) is 15.6. The van der Waals surface area contributed by atoms with Gasteiger partial charge < -0.3 is 10.0 Å². The van der Waals surface area contributed by atoms with Gasteiger partial charge >= 0.3 is 5.97 Å². The number of rotatable bonds is 9. The second kappa shape index (κ2) is 8.88. The fourth-order valence-electron chi connectivity index (χ4n) is 2.50. The van der Waals surface area contributed by atoms with Crippen molar-refractivity contribution in [3.8, 4) is 0 Å². The second-order valence-corrected chi connectivity index (χ2v) is 5.45. The van der Waals surface area contributed by atoms with Gasteiger partial charge in [-0.15, -0.1) is 0 Å². The second-order valence-electron chi connectivity index (χ2n) is 5.45. The van der Waals surface area contributed by atoms with E-state index in [0.29, 0.717) is 0 Å². The summed E-state index contributed by atoms with van der Waals surface area (Å²) in [7, 11) is 0. The summed E-state index contributed by atoms with van der Waals surface area (Å²) >= 11 is 0. The maximum atomic E-state index is 10.5. The third-order valence-electron chi connectivity index (χ3n) is 3.66. The molecule has 0 amide bonds. The maximum absolute atomic E-state index is 10.5. The predicted octanol–water partition coefficient (Wildman–Crippen LogP) is 4.34. The topological polar surface area (TPSA) is 40.5 Å². The van der Waals surface area contributed by atoms with Gasteiger partial charge in [-0.1, -0.05) is 55.0 Å². The summed E-state index contributed by atoms with van der Waals surface area (Å²) in [5.74, 6) is -0.704. The molecule has 0 saturated heterocycles. The number of carboxylic acid groups (broad SMARTS) is 1. The first kappa shape index (κ1) is 16.1. The average molecular weight is 297 g/mol. The van der Waals surface area contributed by atoms with Gasteiger partial charge in [-0.25, -0.2) is 0 Å². The molecule has 3 nitrogen and oxygen atoms in total. The lowest BCUT2D eigenvalue weighted by atomic mass is 10.1. The molecule has 0 heterocycles. The Balaban J connectivity index is 1.92. The highest BCUT2D eigenvalue weighted by molar-refractivity contribution is 5.66. The first-order chi connectivity index (χ1) is 10.8. The van der Waals surface area contributed by atoms with Gasteiger partial charge in [0.1, 0.15) is 0 Å². The van der Waals surface area contributed by atoms with Crippen LogP contribution in [0.25, 0.3) is 0 Å². The molecule has 0 aliphatic rings. The number of nitrogens with zero attached hydrogens (tertiary/aromatic N) is 1. The van der Waals surface area contributed by atoms with Crippen LogP contribution in [0.3, 0.4) is 0 Å². The molecule has 0 saturated carbocycles. The number of hydrogen-bond donors (Lipinski definition) is 1. The van der Waals surface area contributed by atoms with E-state index >= 15 is 0 Å². The molecule has 22 heavy (non-hydrogen) atoms. The predicted molar refractivity (Wildman–Crippen MR) is 90.0 cm³/mol. The molecule has 0 radical (unpaired) electrons. The van der Waals surface area contributed by atoms with Crippen molar-refractivity contribution in [2.24, 2.45) is 0 Å². The lowest BCUT2D eigenvalue weighted by molar-refractivity contribution is -0.137. The highest BCUT2D eigenvalue weighted by atomic mass is 16.4. The van der Waals surface area contributed by atoms with Crippen LogP contribution in [0.4, 0.5) is 5.69 Å².